The van der Waals surface area contributed by atoms with Crippen LogP contribution in [0.1, 0.15) is 41.7 Å². The van der Waals surface area contributed by atoms with Crippen molar-refractivity contribution in [3.8, 4) is 27.9 Å². The SMILES string of the molecule is CC1(C)c2cc3ccccc3cc2-c2c(-c3cccc(/C(=C/Cc4ccccc4-n4c5ccccc5c5ccccc54)NCc4ccccc4)c3)cccc21. The smallest absolute Gasteiger partial charge is 0.0541 e. The second kappa shape index (κ2) is 13.3. The third kappa shape index (κ3) is 5.65. The van der Waals surface area contributed by atoms with E-state index in [2.05, 4.69) is 212 Å². The molecule has 0 amide bonds. The van der Waals surface area contributed by atoms with Crippen molar-refractivity contribution in [3.63, 3.8) is 0 Å². The number of fused-ring (bicyclic) bond motifs is 7. The van der Waals surface area contributed by atoms with Crippen LogP contribution in [0.2, 0.25) is 0 Å². The van der Waals surface area contributed by atoms with Crippen molar-refractivity contribution in [1.29, 1.82) is 0 Å². The Kier molecular flexibility index (Phi) is 7.99. The minimum absolute atomic E-state index is 0.0889. The topological polar surface area (TPSA) is 17.0 Å². The highest BCUT2D eigenvalue weighted by Crippen LogP contribution is 2.53. The van der Waals surface area contributed by atoms with E-state index in [1.54, 1.807) is 0 Å². The fourth-order valence-electron chi connectivity index (χ4n) is 8.95. The third-order valence-electron chi connectivity index (χ3n) is 11.7. The first-order valence-corrected chi connectivity index (χ1v) is 19.4. The van der Waals surface area contributed by atoms with Gasteiger partial charge in [-0.1, -0.05) is 166 Å². The molecule has 0 radical (unpaired) electrons. The molecule has 0 saturated carbocycles. The number of hydrogen-bond donors (Lipinski definition) is 1. The van der Waals surface area contributed by atoms with Gasteiger partial charge in [-0.25, -0.2) is 0 Å². The Balaban J connectivity index is 1.08. The monoisotopic (exact) mass is 706 g/mol. The van der Waals surface area contributed by atoms with E-state index in [9.17, 15) is 0 Å². The fourth-order valence-corrected chi connectivity index (χ4v) is 8.95. The number of rotatable bonds is 8. The van der Waals surface area contributed by atoms with Crippen LogP contribution in [-0.4, -0.2) is 4.57 Å². The van der Waals surface area contributed by atoms with Crippen LogP contribution in [-0.2, 0) is 18.4 Å². The molecule has 1 aliphatic carbocycles. The molecule has 9 aromatic rings. The molecule has 1 heterocycles. The van der Waals surface area contributed by atoms with Gasteiger partial charge in [-0.15, -0.1) is 0 Å². The van der Waals surface area contributed by atoms with Crippen LogP contribution in [0.3, 0.4) is 0 Å². The molecule has 2 nitrogen and oxygen atoms in total. The first-order valence-electron chi connectivity index (χ1n) is 19.4. The van der Waals surface area contributed by atoms with Crippen LogP contribution in [0.15, 0.2) is 188 Å². The van der Waals surface area contributed by atoms with Crippen molar-refractivity contribution >= 4 is 38.3 Å². The lowest BCUT2D eigenvalue weighted by Gasteiger charge is -2.22. The lowest BCUT2D eigenvalue weighted by molar-refractivity contribution is 0.661. The summed E-state index contributed by atoms with van der Waals surface area (Å²) in [6, 6.07) is 66.6. The molecule has 0 spiro atoms. The molecule has 0 unspecified atom stereocenters. The van der Waals surface area contributed by atoms with Gasteiger partial charge in [-0.3, -0.25) is 0 Å². The minimum atomic E-state index is -0.0889. The summed E-state index contributed by atoms with van der Waals surface area (Å²) in [6.07, 6.45) is 3.16. The summed E-state index contributed by atoms with van der Waals surface area (Å²) in [5.74, 6) is 0. The Morgan fingerprint density at radius 3 is 2.00 bits per heavy atom. The van der Waals surface area contributed by atoms with E-state index in [4.69, 9.17) is 0 Å². The number of allylic oxidation sites excluding steroid dienone is 1. The molecule has 1 N–H and O–H groups in total. The first-order chi connectivity index (χ1) is 27.0. The zero-order valence-corrected chi connectivity index (χ0v) is 31.3. The Hall–Kier alpha value is -6.64. The molecule has 1 aliphatic rings. The Labute approximate surface area is 323 Å². The van der Waals surface area contributed by atoms with Crippen molar-refractivity contribution in [2.75, 3.05) is 0 Å². The Bertz CT molecular complexity index is 2870. The predicted octanol–water partition coefficient (Wildman–Crippen LogP) is 13.3. The summed E-state index contributed by atoms with van der Waals surface area (Å²) in [5.41, 5.74) is 16.4. The molecule has 1 aromatic heterocycles. The highest BCUT2D eigenvalue weighted by molar-refractivity contribution is 6.09. The summed E-state index contributed by atoms with van der Waals surface area (Å²) in [7, 11) is 0. The van der Waals surface area contributed by atoms with Gasteiger partial charge in [0.15, 0.2) is 0 Å². The number of nitrogens with one attached hydrogen (secondary N) is 1. The van der Waals surface area contributed by atoms with Gasteiger partial charge in [-0.05, 0) is 104 Å². The van der Waals surface area contributed by atoms with Crippen LogP contribution in [0.25, 0.3) is 66.2 Å². The van der Waals surface area contributed by atoms with Crippen molar-refractivity contribution in [2.45, 2.75) is 32.2 Å². The lowest BCUT2D eigenvalue weighted by Crippen LogP contribution is -2.14. The quantitative estimate of drug-likeness (QED) is 0.166. The van der Waals surface area contributed by atoms with E-state index < -0.39 is 0 Å². The largest absolute Gasteiger partial charge is 0.381 e. The van der Waals surface area contributed by atoms with Gasteiger partial charge < -0.3 is 9.88 Å². The average Bonchev–Trinajstić information content (AvgIpc) is 3.68. The van der Waals surface area contributed by atoms with Gasteiger partial charge in [0.1, 0.15) is 0 Å². The van der Waals surface area contributed by atoms with Crippen molar-refractivity contribution in [1.82, 2.24) is 9.88 Å². The van der Waals surface area contributed by atoms with E-state index in [1.807, 2.05) is 0 Å². The zero-order valence-electron chi connectivity index (χ0n) is 31.3. The molecule has 2 heteroatoms. The number of nitrogens with zero attached hydrogens (tertiary/aromatic N) is 1. The van der Waals surface area contributed by atoms with Crippen molar-refractivity contribution < 1.29 is 0 Å². The zero-order chi connectivity index (χ0) is 36.9. The summed E-state index contributed by atoms with van der Waals surface area (Å²) in [4.78, 5) is 0. The molecule has 10 rings (SSSR count). The van der Waals surface area contributed by atoms with Crippen molar-refractivity contribution in [2.24, 2.45) is 0 Å². The van der Waals surface area contributed by atoms with Gasteiger partial charge in [0, 0.05) is 34.1 Å². The van der Waals surface area contributed by atoms with Gasteiger partial charge in [-0.2, -0.15) is 0 Å². The van der Waals surface area contributed by atoms with E-state index in [-0.39, 0.29) is 5.41 Å². The molecule has 0 aliphatic heterocycles. The van der Waals surface area contributed by atoms with Gasteiger partial charge in [0.25, 0.3) is 0 Å². The normalized spacial score (nSPS) is 13.3. The Morgan fingerprint density at radius 1 is 0.564 bits per heavy atom. The fraction of sp³-hybridized carbons (Fsp3) is 0.0943. The minimum Gasteiger partial charge on any atom is -0.381 e. The number of hydrogen-bond acceptors (Lipinski definition) is 1. The molecular weight excluding hydrogens is 665 g/mol. The molecule has 264 valence electrons. The van der Waals surface area contributed by atoms with Gasteiger partial charge >= 0.3 is 0 Å². The van der Waals surface area contributed by atoms with Crippen LogP contribution >= 0.6 is 0 Å². The molecule has 55 heavy (non-hydrogen) atoms. The number of benzene rings is 8. The summed E-state index contributed by atoms with van der Waals surface area (Å²) in [5, 5.41) is 9.00. The number of para-hydroxylation sites is 3. The molecular formula is C53H42N2. The van der Waals surface area contributed by atoms with Crippen LogP contribution in [0.5, 0.6) is 0 Å². The second-order valence-electron chi connectivity index (χ2n) is 15.3. The maximum atomic E-state index is 3.87. The van der Waals surface area contributed by atoms with Gasteiger partial charge in [0.05, 0.1) is 11.0 Å². The average molecular weight is 707 g/mol. The molecule has 0 fully saturated rings. The summed E-state index contributed by atoms with van der Waals surface area (Å²) >= 11 is 0. The van der Waals surface area contributed by atoms with Crippen LogP contribution in [0.4, 0.5) is 0 Å². The van der Waals surface area contributed by atoms with E-state index >= 15 is 0 Å². The van der Waals surface area contributed by atoms with E-state index in [0.717, 1.165) is 18.7 Å². The van der Waals surface area contributed by atoms with Crippen LogP contribution in [0, 0.1) is 0 Å². The second-order valence-corrected chi connectivity index (χ2v) is 15.3. The van der Waals surface area contributed by atoms with Crippen LogP contribution < -0.4 is 5.32 Å². The first kappa shape index (κ1) is 33.0. The number of aromatic nitrogens is 1. The predicted molar refractivity (Wildman–Crippen MR) is 233 cm³/mol. The summed E-state index contributed by atoms with van der Waals surface area (Å²) < 4.78 is 2.43. The maximum absolute atomic E-state index is 3.87. The molecule has 8 aromatic carbocycles. The van der Waals surface area contributed by atoms with Crippen molar-refractivity contribution in [3.05, 3.63) is 216 Å². The highest BCUT2D eigenvalue weighted by atomic mass is 15.0. The van der Waals surface area contributed by atoms with E-state index in [0.29, 0.717) is 0 Å². The third-order valence-corrected chi connectivity index (χ3v) is 11.7. The maximum Gasteiger partial charge on any atom is 0.0541 e. The molecule has 0 atom stereocenters. The van der Waals surface area contributed by atoms with Gasteiger partial charge in [0.2, 0.25) is 0 Å². The standard InChI is InChI=1S/C53H42N2/c1-53(2)46-26-15-25-42(52(46)45-33-38-19-6-7-20-39(38)34-47(45)53)40-21-14-22-41(32-40)48(54-35-36-16-4-3-5-17-36)31-30-37-18-8-11-27-49(37)55-50-28-12-9-23-43(50)44-24-10-13-29-51(44)55/h3-29,31-34,54H,30,35H2,1-2H3/b48-31-. The summed E-state index contributed by atoms with van der Waals surface area (Å²) in [6.45, 7) is 5.48. The van der Waals surface area contributed by atoms with E-state index in [1.165, 1.54) is 88.3 Å². The Morgan fingerprint density at radius 2 is 1.22 bits per heavy atom. The highest BCUT2D eigenvalue weighted by Gasteiger charge is 2.37. The molecule has 0 bridgehead atoms. The molecule has 0 saturated heterocycles. The lowest BCUT2D eigenvalue weighted by atomic mass is 9.81.